The Bertz CT molecular complexity index is 631. The molecule has 1 aromatic heterocycles. The molecule has 1 N–H and O–H groups in total. The van der Waals surface area contributed by atoms with Gasteiger partial charge in [-0.1, -0.05) is 0 Å². The van der Waals surface area contributed by atoms with E-state index in [1.54, 1.807) is 19.3 Å². The molecular formula is C13H13N3O4. The largest absolute Gasteiger partial charge is 0.493 e. The van der Waals surface area contributed by atoms with Gasteiger partial charge in [-0.2, -0.15) is 0 Å². The van der Waals surface area contributed by atoms with Crippen molar-refractivity contribution in [1.29, 1.82) is 0 Å². The summed E-state index contributed by atoms with van der Waals surface area (Å²) in [7, 11) is 3.23. The zero-order valence-electron chi connectivity index (χ0n) is 11.0. The zero-order valence-corrected chi connectivity index (χ0v) is 11.0. The third-order valence-corrected chi connectivity index (χ3v) is 2.59. The molecule has 0 aliphatic heterocycles. The van der Waals surface area contributed by atoms with Crippen LogP contribution in [0.5, 0.6) is 17.2 Å². The van der Waals surface area contributed by atoms with Gasteiger partial charge in [-0.25, -0.2) is 0 Å². The number of ether oxygens (including phenoxy) is 2. The van der Waals surface area contributed by atoms with Crippen molar-refractivity contribution in [3.05, 3.63) is 46.8 Å². The third kappa shape index (κ3) is 2.94. The van der Waals surface area contributed by atoms with Gasteiger partial charge < -0.3 is 14.8 Å². The maximum absolute atomic E-state index is 10.8. The van der Waals surface area contributed by atoms with Crippen molar-refractivity contribution in [3.8, 4) is 17.2 Å². The van der Waals surface area contributed by atoms with Crippen molar-refractivity contribution in [3.63, 3.8) is 0 Å². The van der Waals surface area contributed by atoms with Crippen molar-refractivity contribution >= 4 is 11.4 Å². The quantitative estimate of drug-likeness (QED) is 0.667. The summed E-state index contributed by atoms with van der Waals surface area (Å²) >= 11 is 0. The molecule has 20 heavy (non-hydrogen) atoms. The Labute approximate surface area is 115 Å². The zero-order chi connectivity index (χ0) is 14.5. The lowest BCUT2D eigenvalue weighted by Crippen LogP contribution is -1.95. The highest BCUT2D eigenvalue weighted by Crippen LogP contribution is 2.34. The third-order valence-electron chi connectivity index (χ3n) is 2.59. The first-order valence-corrected chi connectivity index (χ1v) is 5.77. The highest BCUT2D eigenvalue weighted by molar-refractivity contribution is 5.51. The number of nitrogens with one attached hydrogen (secondary N) is 1. The second-order valence-corrected chi connectivity index (χ2v) is 3.85. The van der Waals surface area contributed by atoms with Crippen LogP contribution in [0, 0.1) is 10.1 Å². The minimum Gasteiger partial charge on any atom is -0.493 e. The van der Waals surface area contributed by atoms with Crippen LogP contribution < -0.4 is 14.8 Å². The molecule has 0 bridgehead atoms. The van der Waals surface area contributed by atoms with Gasteiger partial charge in [0.1, 0.15) is 5.75 Å². The minimum atomic E-state index is -0.491. The van der Waals surface area contributed by atoms with Crippen LogP contribution in [0.1, 0.15) is 0 Å². The monoisotopic (exact) mass is 275 g/mol. The molecule has 2 rings (SSSR count). The van der Waals surface area contributed by atoms with E-state index in [-0.39, 0.29) is 11.4 Å². The molecular weight excluding hydrogens is 262 g/mol. The van der Waals surface area contributed by atoms with Gasteiger partial charge in [-0.3, -0.25) is 15.1 Å². The van der Waals surface area contributed by atoms with Gasteiger partial charge in [0, 0.05) is 19.2 Å². The molecule has 0 radical (unpaired) electrons. The Morgan fingerprint density at radius 3 is 2.70 bits per heavy atom. The lowest BCUT2D eigenvalue weighted by Gasteiger charge is -2.10. The summed E-state index contributed by atoms with van der Waals surface area (Å²) in [6.07, 6.45) is 3.15. The van der Waals surface area contributed by atoms with E-state index in [0.717, 1.165) is 5.69 Å². The van der Waals surface area contributed by atoms with Crippen LogP contribution in [0.3, 0.4) is 0 Å². The number of pyridine rings is 1. The Balaban J connectivity index is 2.35. The van der Waals surface area contributed by atoms with E-state index in [2.05, 4.69) is 10.3 Å². The molecule has 1 heterocycles. The summed E-state index contributed by atoms with van der Waals surface area (Å²) < 4.78 is 10.7. The number of non-ortho nitro benzene ring substituents is 1. The number of nitrogens with zero attached hydrogens (tertiary/aromatic N) is 2. The number of nitro benzene ring substituents is 1. The molecule has 104 valence electrons. The Kier molecular flexibility index (Phi) is 3.99. The van der Waals surface area contributed by atoms with Crippen LogP contribution in [-0.4, -0.2) is 24.1 Å². The molecule has 2 aromatic rings. The van der Waals surface area contributed by atoms with Crippen molar-refractivity contribution in [1.82, 2.24) is 4.98 Å². The molecule has 0 amide bonds. The molecule has 0 unspecified atom stereocenters. The maximum atomic E-state index is 10.8. The van der Waals surface area contributed by atoms with Gasteiger partial charge in [-0.05, 0) is 6.07 Å². The highest BCUT2D eigenvalue weighted by Gasteiger charge is 2.13. The number of anilines is 1. The van der Waals surface area contributed by atoms with Crippen LogP contribution in [-0.2, 0) is 0 Å². The number of methoxy groups -OCH3 is 1. The predicted octanol–water partition coefficient (Wildman–Crippen LogP) is 2.83. The molecule has 7 nitrogen and oxygen atoms in total. The SMILES string of the molecule is CNc1cncc(Oc2cc([N+](=O)[O-])ccc2OC)c1. The number of nitro groups is 1. The number of rotatable bonds is 5. The predicted molar refractivity (Wildman–Crippen MR) is 73.5 cm³/mol. The van der Waals surface area contributed by atoms with Gasteiger partial charge in [-0.15, -0.1) is 0 Å². The molecule has 0 aliphatic rings. The standard InChI is InChI=1S/C13H13N3O4/c1-14-9-5-11(8-15-7-9)20-13-6-10(16(17)18)3-4-12(13)19-2/h3-8,14H,1-2H3. The van der Waals surface area contributed by atoms with Gasteiger partial charge in [0.15, 0.2) is 11.5 Å². The van der Waals surface area contributed by atoms with Crippen LogP contribution >= 0.6 is 0 Å². The van der Waals surface area contributed by atoms with Crippen LogP contribution in [0.25, 0.3) is 0 Å². The summed E-state index contributed by atoms with van der Waals surface area (Å²) in [6.45, 7) is 0. The topological polar surface area (TPSA) is 86.5 Å². The van der Waals surface area contributed by atoms with Gasteiger partial charge in [0.25, 0.3) is 5.69 Å². The smallest absolute Gasteiger partial charge is 0.273 e. The molecule has 0 atom stereocenters. The van der Waals surface area contributed by atoms with Crippen molar-refractivity contribution < 1.29 is 14.4 Å². The summed E-state index contributed by atoms with van der Waals surface area (Å²) in [5, 5.41) is 13.7. The first kappa shape index (κ1) is 13.6. The van der Waals surface area contributed by atoms with Gasteiger partial charge in [0.2, 0.25) is 0 Å². The number of benzene rings is 1. The molecule has 0 saturated carbocycles. The normalized spacial score (nSPS) is 9.90. The Hall–Kier alpha value is -2.83. The van der Waals surface area contributed by atoms with Crippen molar-refractivity contribution in [2.24, 2.45) is 0 Å². The summed E-state index contributed by atoms with van der Waals surface area (Å²) in [5.74, 6) is 1.12. The van der Waals surface area contributed by atoms with Gasteiger partial charge in [0.05, 0.1) is 36.2 Å². The average molecular weight is 275 g/mol. The Morgan fingerprint density at radius 2 is 2.05 bits per heavy atom. The van der Waals surface area contributed by atoms with Gasteiger partial charge >= 0.3 is 0 Å². The van der Waals surface area contributed by atoms with Crippen molar-refractivity contribution in [2.45, 2.75) is 0 Å². The van der Waals surface area contributed by atoms with E-state index in [1.165, 1.54) is 31.5 Å². The molecule has 0 aliphatic carbocycles. The average Bonchev–Trinajstić information content (AvgIpc) is 2.47. The minimum absolute atomic E-state index is 0.0708. The number of aromatic nitrogens is 1. The Morgan fingerprint density at radius 1 is 1.25 bits per heavy atom. The van der Waals surface area contributed by atoms with Crippen LogP contribution in [0.15, 0.2) is 36.7 Å². The molecule has 0 fully saturated rings. The lowest BCUT2D eigenvalue weighted by molar-refractivity contribution is -0.384. The fraction of sp³-hybridized carbons (Fsp3) is 0.154. The maximum Gasteiger partial charge on any atom is 0.273 e. The highest BCUT2D eigenvalue weighted by atomic mass is 16.6. The summed E-state index contributed by atoms with van der Waals surface area (Å²) in [6, 6.07) is 5.88. The van der Waals surface area contributed by atoms with Crippen LogP contribution in [0.4, 0.5) is 11.4 Å². The molecule has 1 aromatic carbocycles. The van der Waals surface area contributed by atoms with E-state index in [9.17, 15) is 10.1 Å². The van der Waals surface area contributed by atoms with E-state index in [4.69, 9.17) is 9.47 Å². The van der Waals surface area contributed by atoms with Crippen LogP contribution in [0.2, 0.25) is 0 Å². The number of hydrogen-bond acceptors (Lipinski definition) is 6. The summed E-state index contributed by atoms with van der Waals surface area (Å²) in [4.78, 5) is 14.3. The fourth-order valence-electron chi connectivity index (χ4n) is 1.60. The number of hydrogen-bond donors (Lipinski definition) is 1. The second-order valence-electron chi connectivity index (χ2n) is 3.85. The molecule has 0 saturated heterocycles. The fourth-order valence-corrected chi connectivity index (χ4v) is 1.60. The van der Waals surface area contributed by atoms with E-state index in [0.29, 0.717) is 11.5 Å². The lowest BCUT2D eigenvalue weighted by atomic mass is 10.3. The van der Waals surface area contributed by atoms with E-state index in [1.807, 2.05) is 0 Å². The summed E-state index contributed by atoms with van der Waals surface area (Å²) in [5.41, 5.74) is 0.699. The van der Waals surface area contributed by atoms with E-state index < -0.39 is 4.92 Å². The molecule has 0 spiro atoms. The first-order chi connectivity index (χ1) is 9.63. The van der Waals surface area contributed by atoms with Crippen molar-refractivity contribution in [2.75, 3.05) is 19.5 Å². The van der Waals surface area contributed by atoms with E-state index >= 15 is 0 Å². The first-order valence-electron chi connectivity index (χ1n) is 5.77. The molecule has 7 heteroatoms. The second kappa shape index (κ2) is 5.87.